The fourth-order valence-electron chi connectivity index (χ4n) is 0. The second kappa shape index (κ2) is 2050. The third-order valence-electron chi connectivity index (χ3n) is 0. The number of hydrogen-bond acceptors (Lipinski definition) is 1. The zero-order valence-corrected chi connectivity index (χ0v) is 7.08. The van der Waals surface area contributed by atoms with Gasteiger partial charge >= 0.3 is 19.5 Å². The van der Waals surface area contributed by atoms with E-state index in [1.54, 1.807) is 0 Å². The Bertz CT molecular complexity index is 8.04. The quantitative estimate of drug-likeness (QED) is 0.321. The zero-order valence-electron chi connectivity index (χ0n) is 5.34. The fraction of sp³-hybridized carbons (Fsp3) is 0. The largest absolute Gasteiger partial charge is 5.00 e. The number of carbonyl (C=O) groups excluding carboxylic acids is 1. The summed E-state index contributed by atoms with van der Waals surface area (Å²) in [6.07, 6.45) is 0. The van der Waals surface area contributed by atoms with E-state index in [4.69, 9.17) is 4.79 Å². The summed E-state index contributed by atoms with van der Waals surface area (Å²) in [6.45, 7) is 3.25. The van der Waals surface area contributed by atoms with Gasteiger partial charge in [-0.05, 0) is 0 Å². The molecule has 0 fully saturated rings. The predicted octanol–water partition coefficient (Wildman–Crippen LogP) is 1.52. The molecule has 0 aromatic rings. The van der Waals surface area contributed by atoms with E-state index in [1.807, 2.05) is 0 Å². The van der Waals surface area contributed by atoms with Crippen molar-refractivity contribution < 1.29 is 24.3 Å². The molecule has 1 nitrogen and oxygen atoms in total. The van der Waals surface area contributed by atoms with Gasteiger partial charge in [-0.15, -0.1) is 0 Å². The monoisotopic (exact) mass is 191 g/mol. The molecule has 0 aliphatic heterocycles. The maximum absolute atomic E-state index is 7.75. The fourth-order valence-corrected chi connectivity index (χ4v) is 0. The molecule has 0 saturated carbocycles. The molecule has 0 aliphatic carbocycles. The molecule has 47 valence electrons. The molecule has 7 heavy (non-hydrogen) atoms. The van der Waals surface area contributed by atoms with Crippen LogP contribution in [-0.2, 0) is 24.3 Å². The van der Waals surface area contributed by atoms with E-state index in [2.05, 4.69) is 6.79 Å². The molecular formula is C5H13ORu. The van der Waals surface area contributed by atoms with Crippen molar-refractivity contribution >= 4 is 6.79 Å². The van der Waals surface area contributed by atoms with E-state index in [1.165, 1.54) is 0 Å². The van der Waals surface area contributed by atoms with E-state index < -0.39 is 0 Å². The molecule has 0 spiro atoms. The molecule has 2 heteroatoms. The third kappa shape index (κ3) is 1350. The minimum Gasteiger partial charge on any atom is -0.545 e. The Morgan fingerprint density at radius 3 is 0.714 bits per heavy atom. The smallest absolute Gasteiger partial charge is 0.545 e. The van der Waals surface area contributed by atoms with E-state index in [0.717, 1.165) is 0 Å². The summed E-state index contributed by atoms with van der Waals surface area (Å²) in [4.78, 5) is 7.75. The predicted molar refractivity (Wildman–Crippen MR) is 32.4 cm³/mol. The van der Waals surface area contributed by atoms with Crippen molar-refractivity contribution in [1.82, 2.24) is 0 Å². The minimum atomic E-state index is 0. The molecule has 0 unspecified atom stereocenters. The summed E-state index contributed by atoms with van der Waals surface area (Å²) in [5, 5.41) is 0. The van der Waals surface area contributed by atoms with Crippen LogP contribution in [0, 0.1) is 29.7 Å². The maximum Gasteiger partial charge on any atom is 5.00 e. The second-order valence-corrected chi connectivity index (χ2v) is 0. The summed E-state index contributed by atoms with van der Waals surface area (Å²) in [5.74, 6) is 0. The molecule has 0 N–H and O–H groups in total. The van der Waals surface area contributed by atoms with Gasteiger partial charge in [0.15, 0.2) is 0 Å². The first-order valence-electron chi connectivity index (χ1n) is 0.236. The normalized spacial score (nSPS) is 0.571. The van der Waals surface area contributed by atoms with Gasteiger partial charge in [0.1, 0.15) is 0 Å². The van der Waals surface area contributed by atoms with Gasteiger partial charge in [0, 0.05) is 0 Å². The van der Waals surface area contributed by atoms with Crippen molar-refractivity contribution in [2.45, 2.75) is 0 Å². The van der Waals surface area contributed by atoms with Gasteiger partial charge in [0.05, 0.1) is 0 Å². The Labute approximate surface area is 61.3 Å². The average molecular weight is 190 g/mol. The van der Waals surface area contributed by atoms with Crippen LogP contribution in [0.1, 0.15) is 0 Å². The molecule has 0 atom stereocenters. The van der Waals surface area contributed by atoms with Gasteiger partial charge in [0.2, 0.25) is 0 Å². The van der Waals surface area contributed by atoms with Crippen molar-refractivity contribution in [3.8, 4) is 0 Å². The Morgan fingerprint density at radius 1 is 0.714 bits per heavy atom. The Balaban J connectivity index is -0.000000000500. The van der Waals surface area contributed by atoms with Crippen LogP contribution < -0.4 is 0 Å². The van der Waals surface area contributed by atoms with Crippen LogP contribution in [0.15, 0.2) is 0 Å². The van der Waals surface area contributed by atoms with Crippen LogP contribution in [0.25, 0.3) is 0 Å². The van der Waals surface area contributed by atoms with Crippen LogP contribution in [-0.4, -0.2) is 6.79 Å². The van der Waals surface area contributed by atoms with Gasteiger partial charge in [0.25, 0.3) is 0 Å². The second-order valence-electron chi connectivity index (χ2n) is 0. The van der Waals surface area contributed by atoms with E-state index in [-0.39, 0.29) is 49.2 Å². The maximum atomic E-state index is 7.75. The van der Waals surface area contributed by atoms with Crippen molar-refractivity contribution in [1.29, 1.82) is 0 Å². The van der Waals surface area contributed by atoms with Crippen molar-refractivity contribution in [3.63, 3.8) is 0 Å². The van der Waals surface area contributed by atoms with Crippen LogP contribution >= 0.6 is 0 Å². The van der Waals surface area contributed by atoms with Crippen LogP contribution in [0.4, 0.5) is 0 Å². The Morgan fingerprint density at radius 2 is 0.714 bits per heavy atom. The van der Waals surface area contributed by atoms with Gasteiger partial charge in [-0.1, -0.05) is 0 Å². The molecular weight excluding hydrogens is 177 g/mol. The van der Waals surface area contributed by atoms with Gasteiger partial charge in [-0.3, -0.25) is 6.79 Å². The Kier molecular flexibility index (Phi) is 50500. The summed E-state index contributed by atoms with van der Waals surface area (Å²) in [7, 11) is 0. The molecule has 0 aliphatic rings. The number of rotatable bonds is 0. The summed E-state index contributed by atoms with van der Waals surface area (Å²) in [6, 6.07) is 0. The van der Waals surface area contributed by atoms with E-state index in [9.17, 15) is 0 Å². The number of hydrogen-bond donors (Lipinski definition) is 0. The van der Waals surface area contributed by atoms with Crippen molar-refractivity contribution in [3.05, 3.63) is 29.7 Å². The van der Waals surface area contributed by atoms with Gasteiger partial charge in [-0.2, -0.15) is 0 Å². The van der Waals surface area contributed by atoms with Crippen molar-refractivity contribution in [2.75, 3.05) is 0 Å². The first-order valence-corrected chi connectivity index (χ1v) is 0.236. The first kappa shape index (κ1) is 173. The van der Waals surface area contributed by atoms with Crippen molar-refractivity contribution in [2.24, 2.45) is 0 Å². The average Bonchev–Trinajstić information content (AvgIpc) is 1.00. The van der Waals surface area contributed by atoms with E-state index in [0.29, 0.717) is 0 Å². The standard InChI is InChI=1S/CHO.4CH3.Ru/c1-2;;;;;/h1H;4*1H3;/q5*-1;+5. The van der Waals surface area contributed by atoms with Crippen LogP contribution in [0.5, 0.6) is 0 Å². The molecule has 0 aromatic carbocycles. The van der Waals surface area contributed by atoms with Crippen LogP contribution in [0.2, 0.25) is 0 Å². The Hall–Kier alpha value is 0.293. The van der Waals surface area contributed by atoms with Gasteiger partial charge in [-0.25, -0.2) is 0 Å². The molecule has 0 saturated heterocycles. The summed E-state index contributed by atoms with van der Waals surface area (Å²) in [5.41, 5.74) is 0. The summed E-state index contributed by atoms with van der Waals surface area (Å²) >= 11 is 0. The third-order valence-corrected chi connectivity index (χ3v) is 0. The zero-order chi connectivity index (χ0) is 2.00. The molecule has 0 rings (SSSR count). The summed E-state index contributed by atoms with van der Waals surface area (Å²) < 4.78 is 0. The van der Waals surface area contributed by atoms with Gasteiger partial charge < -0.3 is 34.5 Å². The minimum absolute atomic E-state index is 0. The molecule has 0 heterocycles. The first-order chi connectivity index (χ1) is 1.00. The molecule has 0 bridgehead atoms. The SMILES string of the molecule is [CH-]=O.[CH3-].[CH3-].[CH3-].[CH3-].[Ru+5]. The van der Waals surface area contributed by atoms with Crippen LogP contribution in [0.3, 0.4) is 0 Å². The molecule has 0 amide bonds. The topological polar surface area (TPSA) is 17.1 Å². The molecule has 0 aromatic heterocycles. The van der Waals surface area contributed by atoms with E-state index >= 15 is 0 Å². The molecule has 1 radical (unpaired) electrons.